The Morgan fingerprint density at radius 3 is 2.31 bits per heavy atom. The third-order valence-corrected chi connectivity index (χ3v) is 6.31. The van der Waals surface area contributed by atoms with Crippen molar-refractivity contribution in [1.29, 1.82) is 0 Å². The second kappa shape index (κ2) is 11.4. The van der Waals surface area contributed by atoms with Gasteiger partial charge in [-0.3, -0.25) is 14.5 Å². The molecule has 1 amide bonds. The summed E-state index contributed by atoms with van der Waals surface area (Å²) in [5.74, 6) is -1.62. The van der Waals surface area contributed by atoms with Gasteiger partial charge in [-0.2, -0.15) is 0 Å². The summed E-state index contributed by atoms with van der Waals surface area (Å²) in [6, 6.07) is 16.3. The van der Waals surface area contributed by atoms with Gasteiger partial charge in [0.2, 0.25) is 0 Å². The number of amides is 1. The highest BCUT2D eigenvalue weighted by molar-refractivity contribution is 6.51. The van der Waals surface area contributed by atoms with Gasteiger partial charge in [0.1, 0.15) is 17.3 Å². The van der Waals surface area contributed by atoms with E-state index in [1.807, 2.05) is 20.8 Å². The molecule has 3 aromatic carbocycles. The fourth-order valence-corrected chi connectivity index (χ4v) is 4.45. The number of phenols is 1. The Morgan fingerprint density at radius 1 is 1.00 bits per heavy atom. The number of nitrogens with zero attached hydrogens (tertiary/aromatic N) is 1. The maximum atomic E-state index is 13.4. The molecule has 0 saturated carbocycles. The Balaban J connectivity index is 1.81. The summed E-state index contributed by atoms with van der Waals surface area (Å²) in [7, 11) is 0. The number of aliphatic hydroxyl groups is 1. The van der Waals surface area contributed by atoms with Crippen molar-refractivity contribution in [3.8, 4) is 11.5 Å². The van der Waals surface area contributed by atoms with Crippen LogP contribution in [0.2, 0.25) is 0 Å². The number of aliphatic hydroxyl groups excluding tert-OH is 1. The number of esters is 1. The molecule has 0 radical (unpaired) electrons. The molecular weight excluding hydrogens is 498 g/mol. The van der Waals surface area contributed by atoms with E-state index < -0.39 is 23.7 Å². The lowest BCUT2D eigenvalue weighted by Crippen LogP contribution is -2.29. The zero-order valence-electron chi connectivity index (χ0n) is 22.3. The molecule has 0 bridgehead atoms. The van der Waals surface area contributed by atoms with Gasteiger partial charge in [-0.05, 0) is 85.5 Å². The number of ether oxygens (including phenoxy) is 2. The van der Waals surface area contributed by atoms with E-state index in [2.05, 4.69) is 0 Å². The average molecular weight is 530 g/mol. The third-order valence-electron chi connectivity index (χ3n) is 6.31. The number of aromatic hydroxyl groups is 1. The number of hydrogen-bond acceptors (Lipinski definition) is 7. The first-order valence-electron chi connectivity index (χ1n) is 12.7. The van der Waals surface area contributed by atoms with E-state index in [0.717, 1.165) is 5.56 Å². The predicted octanol–water partition coefficient (Wildman–Crippen LogP) is 5.54. The number of anilines is 1. The normalized spacial score (nSPS) is 16.5. The average Bonchev–Trinajstić information content (AvgIpc) is 3.17. The van der Waals surface area contributed by atoms with Crippen molar-refractivity contribution in [2.24, 2.45) is 5.92 Å². The fraction of sp³-hybridized carbons (Fsp3) is 0.258. The predicted molar refractivity (Wildman–Crippen MR) is 147 cm³/mol. The number of hydrogen-bond donors (Lipinski definition) is 2. The Morgan fingerprint density at radius 2 is 1.69 bits per heavy atom. The van der Waals surface area contributed by atoms with Crippen LogP contribution in [-0.2, 0) is 14.3 Å². The van der Waals surface area contributed by atoms with Gasteiger partial charge in [0, 0.05) is 11.3 Å². The van der Waals surface area contributed by atoms with Crippen LogP contribution in [0.1, 0.15) is 53.9 Å². The minimum Gasteiger partial charge on any atom is -0.508 e. The molecule has 1 aliphatic rings. The lowest BCUT2D eigenvalue weighted by Gasteiger charge is -2.25. The van der Waals surface area contributed by atoms with Crippen LogP contribution in [0.3, 0.4) is 0 Å². The van der Waals surface area contributed by atoms with Crippen LogP contribution in [0.25, 0.3) is 5.76 Å². The molecule has 1 fully saturated rings. The van der Waals surface area contributed by atoms with Gasteiger partial charge in [-0.15, -0.1) is 0 Å². The number of carbonyl (C=O) groups is 3. The summed E-state index contributed by atoms with van der Waals surface area (Å²) in [5.41, 5.74) is 2.06. The zero-order valence-corrected chi connectivity index (χ0v) is 22.3. The fourth-order valence-electron chi connectivity index (χ4n) is 4.45. The van der Waals surface area contributed by atoms with Gasteiger partial charge >= 0.3 is 5.97 Å². The van der Waals surface area contributed by atoms with E-state index in [0.29, 0.717) is 40.7 Å². The number of carbonyl (C=O) groups excluding carboxylic acids is 3. The first-order chi connectivity index (χ1) is 18.6. The molecule has 4 rings (SSSR count). The van der Waals surface area contributed by atoms with E-state index in [4.69, 9.17) is 9.47 Å². The van der Waals surface area contributed by atoms with E-state index in [1.165, 1.54) is 41.3 Å². The second-order valence-corrected chi connectivity index (χ2v) is 9.72. The SMILES string of the molecule is CCOC(=O)c1ccc(N2C(=O)C(=O)/C(=C(\O)c3ccc(OCC(C)C)c(C)c3)C2c2cccc(O)c2)cc1. The van der Waals surface area contributed by atoms with Gasteiger partial charge in [0.05, 0.1) is 30.4 Å². The monoisotopic (exact) mass is 529 g/mol. The largest absolute Gasteiger partial charge is 0.508 e. The van der Waals surface area contributed by atoms with Gasteiger partial charge in [0.15, 0.2) is 0 Å². The molecule has 0 aliphatic carbocycles. The Labute approximate surface area is 227 Å². The molecule has 1 atom stereocenters. The zero-order chi connectivity index (χ0) is 28.3. The van der Waals surface area contributed by atoms with Crippen molar-refractivity contribution in [2.45, 2.75) is 33.7 Å². The highest BCUT2D eigenvalue weighted by Gasteiger charge is 2.47. The van der Waals surface area contributed by atoms with Crippen molar-refractivity contribution in [1.82, 2.24) is 0 Å². The van der Waals surface area contributed by atoms with E-state index in [9.17, 15) is 24.6 Å². The molecule has 3 aromatic rings. The van der Waals surface area contributed by atoms with E-state index >= 15 is 0 Å². The van der Waals surface area contributed by atoms with Crippen molar-refractivity contribution < 1.29 is 34.1 Å². The van der Waals surface area contributed by atoms with Gasteiger partial charge in [-0.1, -0.05) is 26.0 Å². The van der Waals surface area contributed by atoms with Gasteiger partial charge in [0.25, 0.3) is 11.7 Å². The minimum absolute atomic E-state index is 0.0572. The maximum Gasteiger partial charge on any atom is 0.338 e. The lowest BCUT2D eigenvalue weighted by atomic mass is 9.94. The highest BCUT2D eigenvalue weighted by Crippen LogP contribution is 2.43. The molecule has 0 spiro atoms. The van der Waals surface area contributed by atoms with Crippen LogP contribution >= 0.6 is 0 Å². The van der Waals surface area contributed by atoms with Crippen molar-refractivity contribution in [3.63, 3.8) is 0 Å². The van der Waals surface area contributed by atoms with E-state index in [1.54, 1.807) is 37.3 Å². The Bertz CT molecular complexity index is 1440. The van der Waals surface area contributed by atoms with Crippen LogP contribution in [0.4, 0.5) is 5.69 Å². The molecule has 8 heteroatoms. The minimum atomic E-state index is -1.03. The molecule has 202 valence electrons. The molecule has 1 aliphatic heterocycles. The maximum absolute atomic E-state index is 13.4. The second-order valence-electron chi connectivity index (χ2n) is 9.72. The van der Waals surface area contributed by atoms with Gasteiger partial charge < -0.3 is 19.7 Å². The highest BCUT2D eigenvalue weighted by atomic mass is 16.5. The molecule has 2 N–H and O–H groups in total. The van der Waals surface area contributed by atoms with Crippen molar-refractivity contribution in [2.75, 3.05) is 18.1 Å². The molecule has 1 unspecified atom stereocenters. The lowest BCUT2D eigenvalue weighted by molar-refractivity contribution is -0.132. The summed E-state index contributed by atoms with van der Waals surface area (Å²) in [4.78, 5) is 40.1. The molecular formula is C31H31NO7. The summed E-state index contributed by atoms with van der Waals surface area (Å²) >= 11 is 0. The van der Waals surface area contributed by atoms with Crippen molar-refractivity contribution >= 4 is 29.1 Å². The summed E-state index contributed by atoms with van der Waals surface area (Å²) in [6.45, 7) is 8.37. The standard InChI is InChI=1S/C31H31NO7/c1-5-38-31(37)20-9-12-23(13-10-20)32-27(21-7-6-8-24(33)16-21)26(29(35)30(32)36)28(34)22-11-14-25(19(4)15-22)39-17-18(2)3/h6-16,18,27,33-34H,5,17H2,1-4H3/b28-26-. The quantitative estimate of drug-likeness (QED) is 0.171. The van der Waals surface area contributed by atoms with E-state index in [-0.39, 0.29) is 23.7 Å². The van der Waals surface area contributed by atoms with Crippen LogP contribution in [-0.4, -0.2) is 41.1 Å². The summed E-state index contributed by atoms with van der Waals surface area (Å²) in [5, 5.41) is 21.6. The molecule has 1 heterocycles. The van der Waals surface area contributed by atoms with Crippen LogP contribution in [0, 0.1) is 12.8 Å². The number of ketones is 1. The number of phenolic OH excluding ortho intramolecular Hbond substituents is 1. The van der Waals surface area contributed by atoms with Crippen LogP contribution < -0.4 is 9.64 Å². The molecule has 0 aromatic heterocycles. The topological polar surface area (TPSA) is 113 Å². The summed E-state index contributed by atoms with van der Waals surface area (Å²) < 4.78 is 10.9. The first kappa shape index (κ1) is 27.4. The number of Topliss-reactive ketones (excluding diaryl/α,β-unsaturated/α-hetero) is 1. The molecule has 8 nitrogen and oxygen atoms in total. The van der Waals surface area contributed by atoms with Gasteiger partial charge in [-0.25, -0.2) is 4.79 Å². The van der Waals surface area contributed by atoms with Crippen LogP contribution in [0.15, 0.2) is 72.3 Å². The molecule has 39 heavy (non-hydrogen) atoms. The first-order valence-corrected chi connectivity index (χ1v) is 12.7. The smallest absolute Gasteiger partial charge is 0.338 e. The number of aryl methyl sites for hydroxylation is 1. The van der Waals surface area contributed by atoms with Crippen molar-refractivity contribution in [3.05, 3.63) is 94.6 Å². The number of rotatable bonds is 8. The third kappa shape index (κ3) is 5.65. The molecule has 1 saturated heterocycles. The van der Waals surface area contributed by atoms with Crippen LogP contribution in [0.5, 0.6) is 11.5 Å². The Kier molecular flexibility index (Phi) is 8.04. The Hall–Kier alpha value is -4.59. The number of benzene rings is 3. The summed E-state index contributed by atoms with van der Waals surface area (Å²) in [6.07, 6.45) is 0.